The van der Waals surface area contributed by atoms with E-state index in [9.17, 15) is 27.6 Å². The van der Waals surface area contributed by atoms with Crippen molar-refractivity contribution in [2.24, 2.45) is 44.2 Å². The molecule has 3 aliphatic heterocycles. The molecule has 4 aliphatic carbocycles. The average Bonchev–Trinajstić information content (AvgIpc) is 1.72. The van der Waals surface area contributed by atoms with Gasteiger partial charge in [0, 0.05) is 95.7 Å². The molecule has 0 N–H and O–H groups in total. The first-order valence-electron chi connectivity index (χ1n) is 34.2. The number of Topliss-reactive ketones (excluding diaryl/α,β-unsaturated/α-hetero) is 2. The summed E-state index contributed by atoms with van der Waals surface area (Å²) in [4.78, 5) is 57.8. The molecule has 2 spiro atoms. The maximum atomic E-state index is 14.5. The van der Waals surface area contributed by atoms with Crippen LogP contribution < -0.4 is 19.3 Å². The number of aryl methyl sites for hydroxylation is 2. The number of carbonyl (C=O) groups excluding carboxylic acids is 4. The molecule has 0 unspecified atom stereocenters. The predicted molar refractivity (Wildman–Crippen MR) is 387 cm³/mol. The Morgan fingerprint density at radius 2 is 1.48 bits per heavy atom. The molecule has 0 radical (unpaired) electrons. The monoisotopic (exact) mass is 1380 g/mol. The van der Waals surface area contributed by atoms with Crippen LogP contribution in [0.15, 0.2) is 119 Å². The number of hydrogen-bond donors (Lipinski definition) is 0. The van der Waals surface area contributed by atoms with Crippen molar-refractivity contribution in [3.63, 3.8) is 0 Å². The second kappa shape index (κ2) is 31.5. The number of nitrogens with zero attached hydrogens (tertiary/aromatic N) is 4. The molecule has 14 nitrogen and oxygen atoms in total. The van der Waals surface area contributed by atoms with Crippen molar-refractivity contribution in [2.45, 2.75) is 172 Å². The van der Waals surface area contributed by atoms with Crippen LogP contribution in [0.1, 0.15) is 169 Å². The number of rotatable bonds is 17. The summed E-state index contributed by atoms with van der Waals surface area (Å²) < 4.78 is 62.7. The summed E-state index contributed by atoms with van der Waals surface area (Å²) in [7, 11) is -2.85. The summed E-state index contributed by atoms with van der Waals surface area (Å²) in [6.07, 6.45) is 20.1. The summed E-state index contributed by atoms with van der Waals surface area (Å²) in [5.74, 6) is 0.954. The van der Waals surface area contributed by atoms with Crippen LogP contribution >= 0.6 is 23.2 Å². The van der Waals surface area contributed by atoms with E-state index in [-0.39, 0.29) is 78.2 Å². The molecule has 2 fully saturated rings. The van der Waals surface area contributed by atoms with Crippen molar-refractivity contribution < 1.29 is 46.5 Å². The Bertz CT molecular complexity index is 3800. The fourth-order valence-corrected chi connectivity index (χ4v) is 20.9. The number of allylic oxidation sites excluding steroid dienone is 2. The summed E-state index contributed by atoms with van der Waals surface area (Å²) >= 11 is 12.9. The fraction of sp³-hybridized carbons (Fsp3) is 0.558. The lowest BCUT2D eigenvalue weighted by Crippen LogP contribution is -2.49. The molecule has 3 heterocycles. The van der Waals surface area contributed by atoms with E-state index in [1.165, 1.54) is 22.3 Å². The van der Waals surface area contributed by atoms with Crippen LogP contribution in [-0.2, 0) is 62.2 Å². The van der Waals surface area contributed by atoms with E-state index in [1.54, 1.807) is 46.3 Å². The quantitative estimate of drug-likeness (QED) is 0.0918. The lowest BCUT2D eigenvalue weighted by molar-refractivity contribution is -0.117. The minimum Gasteiger partial charge on any atom is -0.490 e. The van der Waals surface area contributed by atoms with Crippen molar-refractivity contribution in [1.29, 1.82) is 0 Å². The van der Waals surface area contributed by atoms with Crippen molar-refractivity contribution in [1.82, 2.24) is 0 Å². The summed E-state index contributed by atoms with van der Waals surface area (Å²) in [5, 5.41) is 0.569. The molecule has 2 amide bonds. The number of carbonyl (C=O) groups is 4. The highest BCUT2D eigenvalue weighted by molar-refractivity contribution is 7.95. The van der Waals surface area contributed by atoms with Crippen molar-refractivity contribution >= 4 is 77.4 Å². The molecule has 2 bridgehead atoms. The van der Waals surface area contributed by atoms with Gasteiger partial charge in [-0.25, -0.2) is 8.42 Å². The first kappa shape index (κ1) is 73.6. The Balaban J connectivity index is 0.000000221. The molecule has 4 aromatic carbocycles. The molecule has 11 rings (SSSR count). The van der Waals surface area contributed by atoms with Crippen LogP contribution in [0.2, 0.25) is 10.0 Å². The zero-order chi connectivity index (χ0) is 67.3. The van der Waals surface area contributed by atoms with E-state index in [2.05, 4.69) is 68.1 Å². The van der Waals surface area contributed by atoms with Gasteiger partial charge in [0.25, 0.3) is 11.8 Å². The molecular weight excluding hydrogens is 1280 g/mol. The number of hydrogen-bond acceptors (Lipinski definition) is 12. The Morgan fingerprint density at radius 1 is 0.842 bits per heavy atom. The van der Waals surface area contributed by atoms with Gasteiger partial charge in [-0.05, 0) is 209 Å². The van der Waals surface area contributed by atoms with E-state index in [1.807, 2.05) is 70.2 Å². The zero-order valence-corrected chi connectivity index (χ0v) is 59.6. The van der Waals surface area contributed by atoms with Crippen LogP contribution in [0.5, 0.6) is 11.5 Å². The minimum atomic E-state index is -3.19. The lowest BCUT2D eigenvalue weighted by Gasteiger charge is -2.46. The van der Waals surface area contributed by atoms with E-state index < -0.39 is 41.8 Å². The SMILES string of the molecule is C.C=CC[C@H](C)[C@@H](C)[S@@](=O)(CC(=O)CC)=NC(=O)c1ccc2c(c1)N(C[C@@H]1CC[C@H]1[C@H](C=C)OC)C[C@@]1(CCCc3cc(Cl)ccc31)CO2.CCC(=O)C[S@@]1(=O)=NC(=O)c2ccc3c(c2)N(C[C@@H]2CC[C@H]2[C@@H](OC)/C=C/C[C@H](C)[C@H]1C)C[C@@]1(CCCc2cc(Cl)ccc21)CO3. The summed E-state index contributed by atoms with van der Waals surface area (Å²) in [5.41, 5.74) is 7.02. The smallest absolute Gasteiger partial charge is 0.285 e. The second-order valence-corrected chi connectivity index (χ2v) is 34.1. The molecule has 95 heavy (non-hydrogen) atoms. The van der Waals surface area contributed by atoms with E-state index >= 15 is 0 Å². The first-order chi connectivity index (χ1) is 45.0. The fourth-order valence-electron chi connectivity index (χ4n) is 15.8. The molecule has 0 saturated heterocycles. The maximum absolute atomic E-state index is 14.5. The van der Waals surface area contributed by atoms with Gasteiger partial charge in [0.1, 0.15) is 23.1 Å². The number of ether oxygens (including phenoxy) is 4. The van der Waals surface area contributed by atoms with Gasteiger partial charge in [-0.2, -0.15) is 8.73 Å². The van der Waals surface area contributed by atoms with Gasteiger partial charge in [-0.15, -0.1) is 13.2 Å². The third-order valence-corrected chi connectivity index (χ3v) is 28.3. The standard InChI is InChI=1S/C39H51ClN2O5S.C37H47ClN2O5S.CH4/c1-7-11-26(4)27(5)48(45,23-32(43)8-2)41-38(44)29-14-18-37-35(21-29)42(22-30-13-16-33(30)36(9-3)46-6)24-39(25-47-37)19-10-12-28-20-31(40)15-17-34(28)39;1-5-30(41)21-46(43)25(3)24(2)8-6-10-34(44-4)31-14-11-28(31)20-40-22-37(17-7-9-26-18-29(38)13-15-32(26)37)23-45-35-16-12-27(19-33(35)40)36(42)39-46;/h7,9,14-15,17-18,20-21,26-27,30,33,36H,1,3,8,10-13,16,19,22-25H2,2,4-6H3;6,10,12-13,15-16,18-19,24-25,28,31,34H,5,7-9,11,14,17,20-23H2,1-4H3;1H4/b;10-6+;/t26-,27+,30-,33+,36-,39-,48-;24-,25+,28-,31+,34-,37-,46-;/m00./s1. The highest BCUT2D eigenvalue weighted by atomic mass is 35.5. The normalized spacial score (nSPS) is 28.7. The van der Waals surface area contributed by atoms with Gasteiger partial charge in [0.2, 0.25) is 0 Å². The number of amides is 2. The van der Waals surface area contributed by atoms with Gasteiger partial charge in [0.15, 0.2) is 0 Å². The third-order valence-electron chi connectivity index (χ3n) is 22.2. The number of ketones is 2. The average molecular weight is 1380 g/mol. The van der Waals surface area contributed by atoms with E-state index in [4.69, 9.17) is 42.1 Å². The number of methoxy groups -OCH3 is 2. The van der Waals surface area contributed by atoms with Gasteiger partial charge in [0.05, 0.1) is 67.8 Å². The summed E-state index contributed by atoms with van der Waals surface area (Å²) in [6, 6.07) is 23.3. The Labute approximate surface area is 577 Å². The van der Waals surface area contributed by atoms with Gasteiger partial charge in [-0.1, -0.05) is 94.8 Å². The van der Waals surface area contributed by atoms with Crippen LogP contribution in [0, 0.1) is 35.5 Å². The van der Waals surface area contributed by atoms with Crippen LogP contribution in [0.25, 0.3) is 0 Å². The largest absolute Gasteiger partial charge is 0.490 e. The number of halogens is 2. The highest BCUT2D eigenvalue weighted by Crippen LogP contribution is 2.50. The lowest BCUT2D eigenvalue weighted by atomic mass is 9.68. The second-order valence-electron chi connectivity index (χ2n) is 28.0. The van der Waals surface area contributed by atoms with Crippen molar-refractivity contribution in [2.75, 3.05) is 74.9 Å². The highest BCUT2D eigenvalue weighted by Gasteiger charge is 2.47. The predicted octanol–water partition coefficient (Wildman–Crippen LogP) is 16.3. The first-order valence-corrected chi connectivity index (χ1v) is 38.4. The molecule has 0 aromatic heterocycles. The number of fused-ring (bicyclic) bond motifs is 7. The molecule has 7 aliphatic rings. The van der Waals surface area contributed by atoms with E-state index in [0.29, 0.717) is 66.6 Å². The van der Waals surface area contributed by atoms with Gasteiger partial charge in [-0.3, -0.25) is 19.2 Å². The van der Waals surface area contributed by atoms with Crippen LogP contribution in [0.4, 0.5) is 11.4 Å². The molecule has 18 heteroatoms. The number of benzene rings is 4. The third kappa shape index (κ3) is 15.9. The zero-order valence-electron chi connectivity index (χ0n) is 56.4. The molecular formula is C77H102Cl2N4O10S2. The summed E-state index contributed by atoms with van der Waals surface area (Å²) in [6.45, 7) is 23.1. The van der Waals surface area contributed by atoms with E-state index in [0.717, 1.165) is 118 Å². The maximum Gasteiger partial charge on any atom is 0.285 e. The molecule has 4 aromatic rings. The Kier molecular flexibility index (Phi) is 24.4. The van der Waals surface area contributed by atoms with Gasteiger partial charge < -0.3 is 28.7 Å². The minimum absolute atomic E-state index is 0. The molecule has 2 saturated carbocycles. The molecule has 14 atom stereocenters. The Morgan fingerprint density at radius 3 is 2.06 bits per heavy atom. The number of anilines is 2. The molecule has 516 valence electrons. The van der Waals surface area contributed by atoms with Crippen LogP contribution in [0.3, 0.4) is 0 Å². The van der Waals surface area contributed by atoms with Gasteiger partial charge >= 0.3 is 0 Å². The topological polar surface area (TPSA) is 171 Å². The van der Waals surface area contributed by atoms with Crippen molar-refractivity contribution in [3.8, 4) is 11.5 Å². The van der Waals surface area contributed by atoms with Crippen molar-refractivity contribution in [3.05, 3.63) is 154 Å². The Hall–Kier alpha value is -5.62. The van der Waals surface area contributed by atoms with Crippen LogP contribution in [-0.4, -0.2) is 120 Å².